The number of hydrogen-bond donors (Lipinski definition) is 1. The first-order chi connectivity index (χ1) is 16.8. The van der Waals surface area contributed by atoms with Gasteiger partial charge in [-0.1, -0.05) is 32.9 Å². The molecular weight excluding hydrogens is 466 g/mol. The second-order valence-electron chi connectivity index (χ2n) is 8.46. The largest absolute Gasteiger partial charge is 0.328 e. The topological polar surface area (TPSA) is 105 Å². The lowest BCUT2D eigenvalue weighted by atomic mass is 10.1. The summed E-state index contributed by atoms with van der Waals surface area (Å²) in [4.78, 5) is 31.7. The van der Waals surface area contributed by atoms with Gasteiger partial charge in [-0.05, 0) is 36.8 Å². The molecule has 0 radical (unpaired) electrons. The van der Waals surface area contributed by atoms with Crippen LogP contribution in [0, 0.1) is 0 Å². The van der Waals surface area contributed by atoms with Crippen molar-refractivity contribution >= 4 is 44.2 Å². The van der Waals surface area contributed by atoms with Crippen molar-refractivity contribution in [2.24, 2.45) is 0 Å². The molecule has 0 spiro atoms. The number of fused-ring (bicyclic) bond motifs is 2. The lowest BCUT2D eigenvalue weighted by Gasteiger charge is -2.29. The number of carbonyl (C=O) groups excluding carboxylic acids is 2. The highest BCUT2D eigenvalue weighted by atomic mass is 32.2. The van der Waals surface area contributed by atoms with Crippen molar-refractivity contribution in [1.82, 2.24) is 13.9 Å². The van der Waals surface area contributed by atoms with Gasteiger partial charge >= 0.3 is 0 Å². The Hall–Kier alpha value is -3.24. The maximum Gasteiger partial charge on any atom is 0.244 e. The summed E-state index contributed by atoms with van der Waals surface area (Å²) in [5.74, 6) is 0.340. The highest BCUT2D eigenvalue weighted by molar-refractivity contribution is 7.89. The number of aromatic nitrogens is 2. The third kappa shape index (κ3) is 4.81. The molecule has 0 unspecified atom stereocenters. The third-order valence-corrected chi connectivity index (χ3v) is 8.27. The summed E-state index contributed by atoms with van der Waals surface area (Å²) in [5, 5.41) is 2.79. The Morgan fingerprint density at radius 2 is 1.86 bits per heavy atom. The number of hydrogen-bond acceptors (Lipinski definition) is 5. The van der Waals surface area contributed by atoms with E-state index in [0.29, 0.717) is 42.9 Å². The minimum atomic E-state index is -3.60. The van der Waals surface area contributed by atoms with Crippen LogP contribution < -0.4 is 10.2 Å². The molecule has 1 aromatic heterocycles. The summed E-state index contributed by atoms with van der Waals surface area (Å²) in [7, 11) is -3.60. The molecule has 4 rings (SSSR count). The van der Waals surface area contributed by atoms with Gasteiger partial charge in [0.2, 0.25) is 21.8 Å². The zero-order valence-corrected chi connectivity index (χ0v) is 21.1. The van der Waals surface area contributed by atoms with E-state index in [9.17, 15) is 18.0 Å². The minimum Gasteiger partial charge on any atom is -0.328 e. The number of carbonyl (C=O) groups is 2. The highest BCUT2D eigenvalue weighted by Gasteiger charge is 2.27. The Labute approximate surface area is 205 Å². The predicted molar refractivity (Wildman–Crippen MR) is 136 cm³/mol. The van der Waals surface area contributed by atoms with E-state index in [4.69, 9.17) is 4.98 Å². The quantitative estimate of drug-likeness (QED) is 0.488. The Morgan fingerprint density at radius 3 is 2.57 bits per heavy atom. The van der Waals surface area contributed by atoms with Crippen LogP contribution in [0.4, 0.5) is 11.4 Å². The van der Waals surface area contributed by atoms with Crippen molar-refractivity contribution in [3.05, 3.63) is 48.3 Å². The second kappa shape index (κ2) is 10.2. The van der Waals surface area contributed by atoms with Crippen molar-refractivity contribution < 1.29 is 18.0 Å². The minimum absolute atomic E-state index is 0.0200. The molecule has 0 aliphatic carbocycles. The van der Waals surface area contributed by atoms with E-state index in [0.717, 1.165) is 17.8 Å². The molecule has 0 saturated heterocycles. The summed E-state index contributed by atoms with van der Waals surface area (Å²) in [5.41, 5.74) is 2.75. The maximum absolute atomic E-state index is 13.1. The molecule has 9 nitrogen and oxygen atoms in total. The SMILES string of the molecule is CCCn1c(CCC(=O)N2CC(=O)Nc3ccccc32)nc2cc(S(=O)(=O)N(CC)CC)ccc21. The van der Waals surface area contributed by atoms with Gasteiger partial charge in [-0.3, -0.25) is 9.59 Å². The first-order valence-electron chi connectivity index (χ1n) is 12.0. The van der Waals surface area contributed by atoms with E-state index in [1.54, 1.807) is 24.3 Å². The fraction of sp³-hybridized carbons (Fsp3) is 0.400. The average Bonchev–Trinajstić information content (AvgIpc) is 3.19. The van der Waals surface area contributed by atoms with Gasteiger partial charge in [0.1, 0.15) is 12.4 Å². The molecule has 186 valence electrons. The van der Waals surface area contributed by atoms with Crippen LogP contribution in [0.3, 0.4) is 0 Å². The Bertz CT molecular complexity index is 1360. The molecule has 2 heterocycles. The number of sulfonamides is 1. The molecule has 2 aromatic carbocycles. The molecular formula is C25H31N5O4S. The van der Waals surface area contributed by atoms with Crippen molar-refractivity contribution in [1.29, 1.82) is 0 Å². The first kappa shape index (κ1) is 24.9. The van der Waals surface area contributed by atoms with Gasteiger partial charge in [0.15, 0.2) is 0 Å². The summed E-state index contributed by atoms with van der Waals surface area (Å²) in [6.45, 7) is 7.16. The average molecular weight is 498 g/mol. The normalized spacial score (nSPS) is 13.8. The molecule has 1 aliphatic heterocycles. The Morgan fingerprint density at radius 1 is 1.11 bits per heavy atom. The van der Waals surface area contributed by atoms with Crippen molar-refractivity contribution in [3.63, 3.8) is 0 Å². The molecule has 1 N–H and O–H groups in total. The number of imidazole rings is 1. The molecule has 0 saturated carbocycles. The summed E-state index contributed by atoms with van der Waals surface area (Å²) >= 11 is 0. The van der Waals surface area contributed by atoms with E-state index < -0.39 is 10.0 Å². The zero-order valence-electron chi connectivity index (χ0n) is 20.3. The van der Waals surface area contributed by atoms with Crippen molar-refractivity contribution in [2.45, 2.75) is 51.5 Å². The predicted octanol–water partition coefficient (Wildman–Crippen LogP) is 3.39. The van der Waals surface area contributed by atoms with E-state index >= 15 is 0 Å². The fourth-order valence-electron chi connectivity index (χ4n) is 4.51. The van der Waals surface area contributed by atoms with Gasteiger partial charge in [0.05, 0.1) is 27.3 Å². The van der Waals surface area contributed by atoms with E-state index in [1.807, 2.05) is 36.6 Å². The van der Waals surface area contributed by atoms with Crippen LogP contribution in [0.25, 0.3) is 11.0 Å². The van der Waals surface area contributed by atoms with Gasteiger partial charge in [-0.2, -0.15) is 4.31 Å². The van der Waals surface area contributed by atoms with E-state index in [-0.39, 0.29) is 29.7 Å². The zero-order chi connectivity index (χ0) is 25.2. The van der Waals surface area contributed by atoms with Gasteiger partial charge < -0.3 is 14.8 Å². The third-order valence-electron chi connectivity index (χ3n) is 6.22. The smallest absolute Gasteiger partial charge is 0.244 e. The van der Waals surface area contributed by atoms with Gasteiger partial charge in [-0.15, -0.1) is 0 Å². The van der Waals surface area contributed by atoms with Crippen LogP contribution >= 0.6 is 0 Å². The molecule has 0 bridgehead atoms. The van der Waals surface area contributed by atoms with Crippen molar-refractivity contribution in [3.8, 4) is 0 Å². The molecule has 0 atom stereocenters. The lowest BCUT2D eigenvalue weighted by Crippen LogP contribution is -2.42. The number of amides is 2. The van der Waals surface area contributed by atoms with Crippen LogP contribution in [0.15, 0.2) is 47.4 Å². The monoisotopic (exact) mass is 497 g/mol. The van der Waals surface area contributed by atoms with E-state index in [1.165, 1.54) is 9.21 Å². The van der Waals surface area contributed by atoms with E-state index in [2.05, 4.69) is 12.2 Å². The number of para-hydroxylation sites is 2. The van der Waals surface area contributed by atoms with Crippen LogP contribution in [0.2, 0.25) is 0 Å². The number of anilines is 2. The lowest BCUT2D eigenvalue weighted by molar-refractivity contribution is -0.121. The van der Waals surface area contributed by atoms with Crippen LogP contribution in [0.5, 0.6) is 0 Å². The fourth-order valence-corrected chi connectivity index (χ4v) is 5.98. The molecule has 2 amide bonds. The summed E-state index contributed by atoms with van der Waals surface area (Å²) in [6.07, 6.45) is 1.43. The Kier molecular flexibility index (Phi) is 7.23. The molecule has 10 heteroatoms. The van der Waals surface area contributed by atoms with Crippen LogP contribution in [-0.2, 0) is 32.6 Å². The summed E-state index contributed by atoms with van der Waals surface area (Å²) in [6, 6.07) is 12.3. The number of rotatable bonds is 9. The second-order valence-corrected chi connectivity index (χ2v) is 10.4. The van der Waals surface area contributed by atoms with Crippen molar-refractivity contribution in [2.75, 3.05) is 29.9 Å². The van der Waals surface area contributed by atoms with Crippen LogP contribution in [-0.4, -0.2) is 53.7 Å². The molecule has 35 heavy (non-hydrogen) atoms. The first-order valence-corrected chi connectivity index (χ1v) is 13.4. The molecule has 1 aliphatic rings. The Balaban J connectivity index is 1.61. The maximum atomic E-state index is 13.1. The highest BCUT2D eigenvalue weighted by Crippen LogP contribution is 2.30. The van der Waals surface area contributed by atoms with Gasteiger partial charge in [-0.25, -0.2) is 13.4 Å². The standard InChI is InChI=1S/C25H31N5O4S/c1-4-15-29-22-12-11-18(35(33,34)28(5-2)6-3)16-20(22)26-23(29)13-14-25(32)30-17-24(31)27-19-9-7-8-10-21(19)30/h7-12,16H,4-6,13-15,17H2,1-3H3,(H,27,31). The number of aryl methyl sites for hydroxylation is 2. The van der Waals surface area contributed by atoms with Gasteiger partial charge in [0.25, 0.3) is 0 Å². The molecule has 0 fully saturated rings. The van der Waals surface area contributed by atoms with Crippen LogP contribution in [0.1, 0.15) is 39.4 Å². The number of benzene rings is 2. The number of nitrogens with zero attached hydrogens (tertiary/aromatic N) is 4. The van der Waals surface area contributed by atoms with Gasteiger partial charge in [0, 0.05) is 32.5 Å². The summed E-state index contributed by atoms with van der Waals surface area (Å²) < 4.78 is 29.4. The molecule has 3 aromatic rings. The number of nitrogens with one attached hydrogen (secondary N) is 1.